The molecule has 2 aromatic carbocycles. The molecule has 0 fully saturated rings. The Hall–Kier alpha value is -3.38. The summed E-state index contributed by atoms with van der Waals surface area (Å²) in [5.74, 6) is -0.0244. The largest absolute Gasteiger partial charge is 0.479 e. The second kappa shape index (κ2) is 9.53. The molecule has 0 atom stereocenters. The summed E-state index contributed by atoms with van der Waals surface area (Å²) in [5, 5.41) is 12.3. The molecular formula is C19H20N4O4S. The quantitative estimate of drug-likeness (QED) is 0.536. The normalized spacial score (nSPS) is 11.0. The number of aryl methyl sites for hydroxylation is 1. The van der Waals surface area contributed by atoms with Gasteiger partial charge in [-0.15, -0.1) is 0 Å². The van der Waals surface area contributed by atoms with E-state index in [4.69, 9.17) is 10.00 Å². The fraction of sp³-hybridized carbons (Fsp3) is 0.211. The molecule has 0 heterocycles. The van der Waals surface area contributed by atoms with Crippen molar-refractivity contribution in [3.8, 4) is 11.8 Å². The van der Waals surface area contributed by atoms with Gasteiger partial charge in [-0.1, -0.05) is 18.2 Å². The molecule has 8 nitrogen and oxygen atoms in total. The van der Waals surface area contributed by atoms with Gasteiger partial charge in [-0.3, -0.25) is 9.10 Å². The number of nitrogens with zero attached hydrogens (tertiary/aromatic N) is 3. The zero-order chi connectivity index (χ0) is 20.6. The summed E-state index contributed by atoms with van der Waals surface area (Å²) < 4.78 is 30.4. The lowest BCUT2D eigenvalue weighted by Crippen LogP contribution is -2.39. The van der Waals surface area contributed by atoms with Crippen LogP contribution in [0, 0.1) is 18.3 Å². The Morgan fingerprint density at radius 3 is 2.54 bits per heavy atom. The molecule has 0 bridgehead atoms. The van der Waals surface area contributed by atoms with Gasteiger partial charge >= 0.3 is 0 Å². The number of carbonyl (C=O) groups is 1. The van der Waals surface area contributed by atoms with Crippen molar-refractivity contribution in [2.75, 3.05) is 23.7 Å². The van der Waals surface area contributed by atoms with Gasteiger partial charge in [-0.25, -0.2) is 13.8 Å². The summed E-state index contributed by atoms with van der Waals surface area (Å²) in [6.07, 6.45) is 2.47. The number of hydrogen-bond donors (Lipinski definition) is 1. The van der Waals surface area contributed by atoms with Crippen molar-refractivity contribution >= 4 is 27.8 Å². The molecule has 1 N–H and O–H groups in total. The topological polar surface area (TPSA) is 112 Å². The van der Waals surface area contributed by atoms with E-state index in [9.17, 15) is 13.2 Å². The van der Waals surface area contributed by atoms with Gasteiger partial charge in [0.05, 0.1) is 18.2 Å². The zero-order valence-electron chi connectivity index (χ0n) is 15.5. The maximum atomic E-state index is 12.2. The first kappa shape index (κ1) is 20.9. The lowest BCUT2D eigenvalue weighted by molar-refractivity contribution is -0.119. The molecule has 0 aliphatic heterocycles. The first-order valence-electron chi connectivity index (χ1n) is 8.26. The summed E-state index contributed by atoms with van der Waals surface area (Å²) in [7, 11) is -3.64. The van der Waals surface area contributed by atoms with E-state index in [0.717, 1.165) is 16.1 Å². The van der Waals surface area contributed by atoms with Crippen molar-refractivity contribution in [2.45, 2.75) is 6.92 Å². The molecule has 0 unspecified atom stereocenters. The predicted octanol–water partition coefficient (Wildman–Crippen LogP) is 1.81. The van der Waals surface area contributed by atoms with Gasteiger partial charge in [-0.2, -0.15) is 10.4 Å². The highest BCUT2D eigenvalue weighted by Gasteiger charge is 2.21. The van der Waals surface area contributed by atoms with Crippen LogP contribution in [0.2, 0.25) is 0 Å². The number of rotatable bonds is 8. The summed E-state index contributed by atoms with van der Waals surface area (Å²) >= 11 is 0. The number of nitriles is 1. The highest BCUT2D eigenvalue weighted by atomic mass is 32.2. The van der Waals surface area contributed by atoms with Gasteiger partial charge in [0.2, 0.25) is 10.0 Å². The average Bonchev–Trinajstić information content (AvgIpc) is 2.65. The van der Waals surface area contributed by atoms with Crippen molar-refractivity contribution in [2.24, 2.45) is 5.10 Å². The third kappa shape index (κ3) is 6.10. The Morgan fingerprint density at radius 2 is 1.93 bits per heavy atom. The number of ether oxygens (including phenoxy) is 1. The van der Waals surface area contributed by atoms with Crippen LogP contribution in [-0.2, 0) is 14.8 Å². The fourth-order valence-corrected chi connectivity index (χ4v) is 3.25. The number of hydrazone groups is 1. The minimum atomic E-state index is -3.64. The van der Waals surface area contributed by atoms with E-state index in [1.54, 1.807) is 55.5 Å². The van der Waals surface area contributed by atoms with Gasteiger partial charge in [0.25, 0.3) is 5.91 Å². The van der Waals surface area contributed by atoms with E-state index in [2.05, 4.69) is 10.5 Å². The summed E-state index contributed by atoms with van der Waals surface area (Å²) in [4.78, 5) is 12.2. The van der Waals surface area contributed by atoms with Crippen LogP contribution in [0.4, 0.5) is 5.69 Å². The third-order valence-electron chi connectivity index (χ3n) is 3.66. The highest BCUT2D eigenvalue weighted by molar-refractivity contribution is 7.92. The molecule has 28 heavy (non-hydrogen) atoms. The first-order chi connectivity index (χ1) is 13.3. The SMILES string of the molecule is Cc1ccccc1N(CC(=O)N/N=C/c1ccc(OCC#N)cc1)S(C)(=O)=O. The van der Waals surface area contributed by atoms with Crippen LogP contribution < -0.4 is 14.5 Å². The van der Waals surface area contributed by atoms with Crippen molar-refractivity contribution in [1.82, 2.24) is 5.43 Å². The molecule has 0 spiro atoms. The van der Waals surface area contributed by atoms with E-state index < -0.39 is 15.9 Å². The van der Waals surface area contributed by atoms with Crippen LogP contribution in [-0.4, -0.2) is 39.9 Å². The van der Waals surface area contributed by atoms with Gasteiger partial charge in [-0.05, 0) is 48.4 Å². The lowest BCUT2D eigenvalue weighted by atomic mass is 10.2. The number of sulfonamides is 1. The Balaban J connectivity index is 2.01. The first-order valence-corrected chi connectivity index (χ1v) is 10.1. The van der Waals surface area contributed by atoms with E-state index in [1.165, 1.54) is 6.21 Å². The lowest BCUT2D eigenvalue weighted by Gasteiger charge is -2.23. The van der Waals surface area contributed by atoms with E-state index in [-0.39, 0.29) is 13.2 Å². The van der Waals surface area contributed by atoms with Gasteiger partial charge in [0.15, 0.2) is 6.61 Å². The summed E-state index contributed by atoms with van der Waals surface area (Å²) in [6, 6.07) is 15.5. The smallest absolute Gasteiger partial charge is 0.260 e. The molecule has 2 aromatic rings. The molecule has 0 aromatic heterocycles. The van der Waals surface area contributed by atoms with Crippen LogP contribution in [0.15, 0.2) is 53.6 Å². The summed E-state index contributed by atoms with van der Waals surface area (Å²) in [6.45, 7) is 1.34. The van der Waals surface area contributed by atoms with Crippen molar-refractivity contribution in [3.63, 3.8) is 0 Å². The third-order valence-corrected chi connectivity index (χ3v) is 4.78. The molecule has 0 aliphatic rings. The van der Waals surface area contributed by atoms with Crippen molar-refractivity contribution < 1.29 is 17.9 Å². The van der Waals surface area contributed by atoms with Crippen LogP contribution in [0.3, 0.4) is 0 Å². The van der Waals surface area contributed by atoms with Gasteiger partial charge < -0.3 is 4.74 Å². The molecule has 0 aliphatic carbocycles. The fourth-order valence-electron chi connectivity index (χ4n) is 2.33. The number of hydrogen-bond acceptors (Lipinski definition) is 6. The molecule has 0 radical (unpaired) electrons. The Morgan fingerprint density at radius 1 is 1.25 bits per heavy atom. The monoisotopic (exact) mass is 400 g/mol. The Bertz CT molecular complexity index is 995. The molecular weight excluding hydrogens is 380 g/mol. The van der Waals surface area contributed by atoms with E-state index in [0.29, 0.717) is 17.0 Å². The zero-order valence-corrected chi connectivity index (χ0v) is 16.3. The van der Waals surface area contributed by atoms with E-state index in [1.807, 2.05) is 6.07 Å². The minimum Gasteiger partial charge on any atom is -0.479 e. The number of anilines is 1. The number of amides is 1. The maximum absolute atomic E-state index is 12.2. The average molecular weight is 400 g/mol. The van der Waals surface area contributed by atoms with Crippen LogP contribution in [0.25, 0.3) is 0 Å². The molecule has 2 rings (SSSR count). The predicted molar refractivity (Wildman–Crippen MR) is 107 cm³/mol. The number of carbonyl (C=O) groups excluding carboxylic acids is 1. The highest BCUT2D eigenvalue weighted by Crippen LogP contribution is 2.21. The van der Waals surface area contributed by atoms with Gasteiger partial charge in [0, 0.05) is 0 Å². The second-order valence-electron chi connectivity index (χ2n) is 5.87. The Labute approximate surface area is 164 Å². The second-order valence-corrected chi connectivity index (χ2v) is 7.77. The molecule has 146 valence electrons. The number of nitrogens with one attached hydrogen (secondary N) is 1. The molecule has 9 heteroatoms. The van der Waals surface area contributed by atoms with Crippen LogP contribution in [0.1, 0.15) is 11.1 Å². The molecule has 1 amide bonds. The van der Waals surface area contributed by atoms with Crippen LogP contribution in [0.5, 0.6) is 5.75 Å². The minimum absolute atomic E-state index is 0.0405. The Kier molecular flexibility index (Phi) is 7.12. The van der Waals surface area contributed by atoms with Crippen molar-refractivity contribution in [1.29, 1.82) is 5.26 Å². The maximum Gasteiger partial charge on any atom is 0.260 e. The summed E-state index contributed by atoms with van der Waals surface area (Å²) in [5.41, 5.74) is 4.20. The molecule has 0 saturated heterocycles. The van der Waals surface area contributed by atoms with Crippen molar-refractivity contribution in [3.05, 3.63) is 59.7 Å². The van der Waals surface area contributed by atoms with Gasteiger partial charge in [0.1, 0.15) is 18.4 Å². The number of para-hydroxylation sites is 1. The van der Waals surface area contributed by atoms with Crippen LogP contribution >= 0.6 is 0 Å². The van der Waals surface area contributed by atoms with E-state index >= 15 is 0 Å². The standard InChI is InChI=1S/C19H20N4O4S/c1-15-5-3-4-6-18(15)23(28(2,25)26)14-19(24)22-21-13-16-7-9-17(10-8-16)27-12-11-20/h3-10,13H,12,14H2,1-2H3,(H,22,24)/b21-13+. The molecule has 0 saturated carbocycles. The number of benzene rings is 2.